The van der Waals surface area contributed by atoms with Gasteiger partial charge in [-0.3, -0.25) is 4.72 Å². The van der Waals surface area contributed by atoms with Crippen LogP contribution in [-0.2, 0) is 28.6 Å². The molecular formula is C14H15FN2O2S2. The van der Waals surface area contributed by atoms with E-state index in [1.54, 1.807) is 0 Å². The number of fused-ring (bicyclic) bond motifs is 1. The Labute approximate surface area is 127 Å². The number of hydrogen-bond acceptors (Lipinski definition) is 4. The zero-order valence-corrected chi connectivity index (χ0v) is 12.9. The molecule has 0 bridgehead atoms. The van der Waals surface area contributed by atoms with Crippen molar-refractivity contribution in [3.63, 3.8) is 0 Å². The van der Waals surface area contributed by atoms with Gasteiger partial charge in [0.1, 0.15) is 5.82 Å². The first-order valence-electron chi connectivity index (χ1n) is 6.75. The maximum atomic E-state index is 12.8. The number of nitrogens with zero attached hydrogens (tertiary/aromatic N) is 1. The average molecular weight is 326 g/mol. The maximum absolute atomic E-state index is 12.8. The predicted molar refractivity (Wildman–Crippen MR) is 81.4 cm³/mol. The number of thiazole rings is 1. The van der Waals surface area contributed by atoms with Gasteiger partial charge in [-0.05, 0) is 43.4 Å². The third kappa shape index (κ3) is 3.59. The molecule has 21 heavy (non-hydrogen) atoms. The van der Waals surface area contributed by atoms with E-state index in [4.69, 9.17) is 0 Å². The highest BCUT2D eigenvalue weighted by atomic mass is 32.2. The lowest BCUT2D eigenvalue weighted by Gasteiger charge is -2.06. The van der Waals surface area contributed by atoms with Gasteiger partial charge >= 0.3 is 0 Å². The van der Waals surface area contributed by atoms with Crippen LogP contribution in [-0.4, -0.2) is 13.4 Å². The van der Waals surface area contributed by atoms with E-state index in [2.05, 4.69) is 9.71 Å². The van der Waals surface area contributed by atoms with Crippen molar-refractivity contribution in [3.05, 3.63) is 46.2 Å². The van der Waals surface area contributed by atoms with E-state index < -0.39 is 10.0 Å². The second kappa shape index (κ2) is 5.73. The number of rotatable bonds is 4. The number of benzene rings is 1. The minimum absolute atomic E-state index is 0.183. The van der Waals surface area contributed by atoms with Crippen LogP contribution >= 0.6 is 11.3 Å². The molecule has 0 saturated carbocycles. The van der Waals surface area contributed by atoms with E-state index in [1.165, 1.54) is 40.5 Å². The first-order valence-corrected chi connectivity index (χ1v) is 9.22. The van der Waals surface area contributed by atoms with E-state index in [-0.39, 0.29) is 11.6 Å². The Hall–Kier alpha value is -1.47. The minimum atomic E-state index is -3.52. The van der Waals surface area contributed by atoms with Crippen molar-refractivity contribution in [2.75, 3.05) is 4.72 Å². The Kier molecular flexibility index (Phi) is 3.95. The summed E-state index contributed by atoms with van der Waals surface area (Å²) in [6.07, 6.45) is 4.15. The van der Waals surface area contributed by atoms with E-state index in [0.717, 1.165) is 31.4 Å². The van der Waals surface area contributed by atoms with Gasteiger partial charge in [-0.25, -0.2) is 17.8 Å². The van der Waals surface area contributed by atoms with Crippen LogP contribution in [0.25, 0.3) is 0 Å². The molecule has 3 rings (SSSR count). The lowest BCUT2D eigenvalue weighted by Crippen LogP contribution is -2.15. The van der Waals surface area contributed by atoms with Crippen LogP contribution in [0.5, 0.6) is 0 Å². The van der Waals surface area contributed by atoms with Crippen LogP contribution in [0.2, 0.25) is 0 Å². The fraction of sp³-hybridized carbons (Fsp3) is 0.357. The molecule has 1 aliphatic rings. The van der Waals surface area contributed by atoms with Crippen molar-refractivity contribution in [2.45, 2.75) is 31.4 Å². The quantitative estimate of drug-likeness (QED) is 0.939. The van der Waals surface area contributed by atoms with Gasteiger partial charge in [0.05, 0.1) is 11.4 Å². The second-order valence-corrected chi connectivity index (χ2v) is 7.89. The van der Waals surface area contributed by atoms with Crippen molar-refractivity contribution < 1.29 is 12.8 Å². The number of hydrogen-bond donors (Lipinski definition) is 1. The maximum Gasteiger partial charge on any atom is 0.238 e. The molecule has 1 heterocycles. The van der Waals surface area contributed by atoms with E-state index in [0.29, 0.717) is 10.7 Å². The van der Waals surface area contributed by atoms with Gasteiger partial charge in [0.25, 0.3) is 0 Å². The highest BCUT2D eigenvalue weighted by Gasteiger charge is 2.19. The number of anilines is 1. The van der Waals surface area contributed by atoms with E-state index >= 15 is 0 Å². The van der Waals surface area contributed by atoms with Crippen LogP contribution in [0, 0.1) is 5.82 Å². The highest BCUT2D eigenvalue weighted by molar-refractivity contribution is 7.92. The number of sulfonamides is 1. The molecule has 0 aliphatic heterocycles. The molecule has 1 N–H and O–H groups in total. The molecular weight excluding hydrogens is 311 g/mol. The van der Waals surface area contributed by atoms with Crippen LogP contribution in [0.1, 0.15) is 29.0 Å². The first kappa shape index (κ1) is 14.5. The molecule has 7 heteroatoms. The summed E-state index contributed by atoms with van der Waals surface area (Å²) in [7, 11) is -3.52. The number of aryl methyl sites for hydroxylation is 2. The van der Waals surface area contributed by atoms with Crippen molar-refractivity contribution in [3.8, 4) is 0 Å². The van der Waals surface area contributed by atoms with E-state index in [9.17, 15) is 12.8 Å². The SMILES string of the molecule is O=S(=O)(Cc1ccc(F)cc1)Nc1nc2c(s1)CCCC2. The molecule has 2 aromatic rings. The Morgan fingerprint density at radius 1 is 1.19 bits per heavy atom. The topological polar surface area (TPSA) is 59.1 Å². The Bertz CT molecular complexity index is 715. The summed E-state index contributed by atoms with van der Waals surface area (Å²) in [6.45, 7) is 0. The average Bonchev–Trinajstić information content (AvgIpc) is 2.82. The summed E-state index contributed by atoms with van der Waals surface area (Å²) < 4.78 is 39.6. The highest BCUT2D eigenvalue weighted by Crippen LogP contribution is 2.30. The van der Waals surface area contributed by atoms with Gasteiger partial charge in [0, 0.05) is 4.88 Å². The number of nitrogens with one attached hydrogen (secondary N) is 1. The van der Waals surface area contributed by atoms with Gasteiger partial charge in [-0.2, -0.15) is 0 Å². The standard InChI is InChI=1S/C14H15FN2O2S2/c15-11-7-5-10(6-8-11)9-21(18,19)17-14-16-12-3-1-2-4-13(12)20-14/h5-8H,1-4,9H2,(H,16,17). The zero-order valence-electron chi connectivity index (χ0n) is 11.3. The molecule has 0 radical (unpaired) electrons. The number of halogens is 1. The van der Waals surface area contributed by atoms with Crippen molar-refractivity contribution in [1.29, 1.82) is 0 Å². The molecule has 1 aromatic heterocycles. The molecule has 0 atom stereocenters. The van der Waals surface area contributed by atoms with Gasteiger partial charge in [-0.1, -0.05) is 12.1 Å². The molecule has 1 aliphatic carbocycles. The molecule has 112 valence electrons. The summed E-state index contributed by atoms with van der Waals surface area (Å²) in [6, 6.07) is 5.46. The smallest absolute Gasteiger partial charge is 0.238 e. The Morgan fingerprint density at radius 3 is 2.62 bits per heavy atom. The van der Waals surface area contributed by atoms with Gasteiger partial charge in [0.15, 0.2) is 5.13 Å². The van der Waals surface area contributed by atoms with Crippen LogP contribution in [0.4, 0.5) is 9.52 Å². The van der Waals surface area contributed by atoms with E-state index in [1.807, 2.05) is 0 Å². The van der Waals surface area contributed by atoms with Gasteiger partial charge in [0.2, 0.25) is 10.0 Å². The lowest BCUT2D eigenvalue weighted by molar-refractivity contribution is 0.599. The van der Waals surface area contributed by atoms with Gasteiger partial charge in [-0.15, -0.1) is 11.3 Å². The fourth-order valence-corrected chi connectivity index (χ4v) is 4.83. The lowest BCUT2D eigenvalue weighted by atomic mass is 10.0. The number of aromatic nitrogens is 1. The normalized spacial score (nSPS) is 14.7. The van der Waals surface area contributed by atoms with Crippen molar-refractivity contribution >= 4 is 26.5 Å². The minimum Gasteiger partial charge on any atom is -0.258 e. The molecule has 0 amide bonds. The summed E-state index contributed by atoms with van der Waals surface area (Å²) >= 11 is 1.41. The zero-order chi connectivity index (χ0) is 14.9. The first-order chi connectivity index (χ1) is 10.0. The molecule has 0 saturated heterocycles. The van der Waals surface area contributed by atoms with Crippen LogP contribution in [0.15, 0.2) is 24.3 Å². The third-order valence-electron chi connectivity index (χ3n) is 3.36. The summed E-state index contributed by atoms with van der Waals surface area (Å²) in [5.41, 5.74) is 1.57. The molecule has 4 nitrogen and oxygen atoms in total. The Balaban J connectivity index is 1.73. The Morgan fingerprint density at radius 2 is 1.90 bits per heavy atom. The molecule has 0 spiro atoms. The third-order valence-corrected chi connectivity index (χ3v) is 5.78. The fourth-order valence-electron chi connectivity index (χ4n) is 2.36. The summed E-state index contributed by atoms with van der Waals surface area (Å²) in [5, 5.41) is 0.434. The predicted octanol–water partition coefficient (Wildman–Crippen LogP) is 3.10. The van der Waals surface area contributed by atoms with Crippen molar-refractivity contribution in [2.24, 2.45) is 0 Å². The molecule has 1 aromatic carbocycles. The second-order valence-electron chi connectivity index (χ2n) is 5.08. The van der Waals surface area contributed by atoms with Gasteiger partial charge < -0.3 is 0 Å². The molecule has 0 fully saturated rings. The monoisotopic (exact) mass is 326 g/mol. The van der Waals surface area contributed by atoms with Crippen LogP contribution < -0.4 is 4.72 Å². The summed E-state index contributed by atoms with van der Waals surface area (Å²) in [4.78, 5) is 5.54. The van der Waals surface area contributed by atoms with Crippen LogP contribution in [0.3, 0.4) is 0 Å². The molecule has 0 unspecified atom stereocenters. The summed E-state index contributed by atoms with van der Waals surface area (Å²) in [5.74, 6) is -0.561. The van der Waals surface area contributed by atoms with Crippen molar-refractivity contribution in [1.82, 2.24) is 4.98 Å². The largest absolute Gasteiger partial charge is 0.258 e.